The average Bonchev–Trinajstić information content (AvgIpc) is 2.68. The highest BCUT2D eigenvalue weighted by Gasteiger charge is 2.19. The Balaban J connectivity index is 1.58. The van der Waals surface area contributed by atoms with Crippen molar-refractivity contribution in [2.75, 3.05) is 25.1 Å². The zero-order valence-electron chi connectivity index (χ0n) is 14.6. The van der Waals surface area contributed by atoms with Crippen molar-refractivity contribution in [2.24, 2.45) is 0 Å². The molecule has 5 heteroatoms. The van der Waals surface area contributed by atoms with Crippen molar-refractivity contribution in [1.82, 2.24) is 15.0 Å². The van der Waals surface area contributed by atoms with Gasteiger partial charge in [0.05, 0.1) is 11.6 Å². The molecule has 128 valence electrons. The SMILES string of the molecule is COC1CCN(c2ccc(-c3nc(C)c4ccccc4n3)cn2)CC1. The van der Waals surface area contributed by atoms with Gasteiger partial charge in [-0.15, -0.1) is 0 Å². The van der Waals surface area contributed by atoms with Crippen LogP contribution in [-0.2, 0) is 4.74 Å². The molecular weight excluding hydrogens is 312 g/mol. The second kappa shape index (κ2) is 6.76. The van der Waals surface area contributed by atoms with Gasteiger partial charge in [-0.25, -0.2) is 15.0 Å². The van der Waals surface area contributed by atoms with Crippen molar-refractivity contribution in [1.29, 1.82) is 0 Å². The molecule has 3 heterocycles. The average molecular weight is 334 g/mol. The van der Waals surface area contributed by atoms with Gasteiger partial charge in [-0.3, -0.25) is 0 Å². The number of pyridine rings is 1. The largest absolute Gasteiger partial charge is 0.381 e. The fraction of sp³-hybridized carbons (Fsp3) is 0.350. The highest BCUT2D eigenvalue weighted by Crippen LogP contribution is 2.24. The van der Waals surface area contributed by atoms with Gasteiger partial charge in [0, 0.05) is 43.0 Å². The first kappa shape index (κ1) is 16.0. The third-order valence-corrected chi connectivity index (χ3v) is 4.90. The maximum absolute atomic E-state index is 5.43. The van der Waals surface area contributed by atoms with E-state index in [0.29, 0.717) is 6.10 Å². The fourth-order valence-electron chi connectivity index (χ4n) is 3.39. The topological polar surface area (TPSA) is 51.1 Å². The molecule has 25 heavy (non-hydrogen) atoms. The first-order chi connectivity index (χ1) is 12.2. The predicted molar refractivity (Wildman–Crippen MR) is 99.8 cm³/mol. The molecule has 5 nitrogen and oxygen atoms in total. The van der Waals surface area contributed by atoms with Crippen LogP contribution < -0.4 is 4.90 Å². The minimum Gasteiger partial charge on any atom is -0.381 e. The van der Waals surface area contributed by atoms with Gasteiger partial charge >= 0.3 is 0 Å². The Morgan fingerprint density at radius 2 is 1.84 bits per heavy atom. The molecule has 4 rings (SSSR count). The molecule has 0 unspecified atom stereocenters. The van der Waals surface area contributed by atoms with Crippen molar-refractivity contribution in [3.8, 4) is 11.4 Å². The summed E-state index contributed by atoms with van der Waals surface area (Å²) in [6, 6.07) is 12.2. The third-order valence-electron chi connectivity index (χ3n) is 4.90. The van der Waals surface area contributed by atoms with Gasteiger partial charge in [0.15, 0.2) is 5.82 Å². The summed E-state index contributed by atoms with van der Waals surface area (Å²) in [4.78, 5) is 16.3. The zero-order chi connectivity index (χ0) is 17.2. The van der Waals surface area contributed by atoms with Crippen LogP contribution >= 0.6 is 0 Å². The van der Waals surface area contributed by atoms with Gasteiger partial charge < -0.3 is 9.64 Å². The number of hydrogen-bond donors (Lipinski definition) is 0. The quantitative estimate of drug-likeness (QED) is 0.732. The van der Waals surface area contributed by atoms with E-state index < -0.39 is 0 Å². The number of benzene rings is 1. The number of rotatable bonds is 3. The van der Waals surface area contributed by atoms with E-state index in [-0.39, 0.29) is 0 Å². The number of methoxy groups -OCH3 is 1. The Hall–Kier alpha value is -2.53. The maximum atomic E-state index is 5.43. The molecule has 0 aliphatic carbocycles. The lowest BCUT2D eigenvalue weighted by Crippen LogP contribution is -2.37. The second-order valence-corrected chi connectivity index (χ2v) is 6.48. The van der Waals surface area contributed by atoms with Crippen LogP contribution in [0.15, 0.2) is 42.6 Å². The molecule has 2 aromatic heterocycles. The number of hydrogen-bond acceptors (Lipinski definition) is 5. The number of aryl methyl sites for hydroxylation is 1. The zero-order valence-corrected chi connectivity index (χ0v) is 14.6. The summed E-state index contributed by atoms with van der Waals surface area (Å²) < 4.78 is 5.43. The number of anilines is 1. The van der Waals surface area contributed by atoms with E-state index in [1.165, 1.54) is 0 Å². The summed E-state index contributed by atoms with van der Waals surface area (Å²) in [5, 5.41) is 1.09. The minimum absolute atomic E-state index is 0.379. The van der Waals surface area contributed by atoms with Crippen molar-refractivity contribution >= 4 is 16.7 Å². The molecule has 0 bridgehead atoms. The Morgan fingerprint density at radius 1 is 1.04 bits per heavy atom. The van der Waals surface area contributed by atoms with Crippen LogP contribution in [0.2, 0.25) is 0 Å². The first-order valence-electron chi connectivity index (χ1n) is 8.72. The summed E-state index contributed by atoms with van der Waals surface area (Å²) in [6.45, 7) is 3.99. The van der Waals surface area contributed by atoms with Crippen LogP contribution in [0.3, 0.4) is 0 Å². The lowest BCUT2D eigenvalue weighted by Gasteiger charge is -2.32. The molecule has 1 aromatic carbocycles. The molecule has 1 aliphatic rings. The van der Waals surface area contributed by atoms with Crippen molar-refractivity contribution in [2.45, 2.75) is 25.9 Å². The van der Waals surface area contributed by atoms with Gasteiger partial charge in [-0.2, -0.15) is 0 Å². The normalized spacial score (nSPS) is 15.7. The summed E-state index contributed by atoms with van der Waals surface area (Å²) >= 11 is 0. The van der Waals surface area contributed by atoms with Crippen LogP contribution in [0.25, 0.3) is 22.3 Å². The number of piperidine rings is 1. The van der Waals surface area contributed by atoms with E-state index in [1.807, 2.05) is 31.3 Å². The van der Waals surface area contributed by atoms with E-state index in [2.05, 4.69) is 38.1 Å². The smallest absolute Gasteiger partial charge is 0.161 e. The summed E-state index contributed by atoms with van der Waals surface area (Å²) in [5.41, 5.74) is 2.91. The van der Waals surface area contributed by atoms with Crippen molar-refractivity contribution < 1.29 is 4.74 Å². The Kier molecular flexibility index (Phi) is 4.32. The summed E-state index contributed by atoms with van der Waals surface area (Å²) in [6.07, 6.45) is 4.35. The fourth-order valence-corrected chi connectivity index (χ4v) is 3.39. The van der Waals surface area contributed by atoms with Crippen molar-refractivity contribution in [3.05, 3.63) is 48.3 Å². The van der Waals surface area contributed by atoms with Crippen LogP contribution in [0.4, 0.5) is 5.82 Å². The molecule has 0 atom stereocenters. The second-order valence-electron chi connectivity index (χ2n) is 6.48. The molecule has 0 spiro atoms. The highest BCUT2D eigenvalue weighted by atomic mass is 16.5. The van der Waals surface area contributed by atoms with E-state index in [1.54, 1.807) is 7.11 Å². The molecule has 3 aromatic rings. The molecule has 0 radical (unpaired) electrons. The standard InChI is InChI=1S/C20H22N4O/c1-14-17-5-3-4-6-18(17)23-20(22-14)15-7-8-19(21-13-15)24-11-9-16(25-2)10-12-24/h3-8,13,16H,9-12H2,1-2H3. The van der Waals surface area contributed by atoms with Gasteiger partial charge in [-0.05, 0) is 38.0 Å². The van der Waals surface area contributed by atoms with Gasteiger partial charge in [0.25, 0.3) is 0 Å². The predicted octanol–water partition coefficient (Wildman–Crippen LogP) is 3.62. The molecule has 0 saturated carbocycles. The number of para-hydroxylation sites is 1. The molecule has 1 aliphatic heterocycles. The van der Waals surface area contributed by atoms with Crippen LogP contribution in [0.1, 0.15) is 18.5 Å². The van der Waals surface area contributed by atoms with Crippen molar-refractivity contribution in [3.63, 3.8) is 0 Å². The molecule has 0 N–H and O–H groups in total. The van der Waals surface area contributed by atoms with E-state index in [0.717, 1.165) is 59.7 Å². The van der Waals surface area contributed by atoms with Gasteiger partial charge in [-0.1, -0.05) is 18.2 Å². The number of fused-ring (bicyclic) bond motifs is 1. The minimum atomic E-state index is 0.379. The maximum Gasteiger partial charge on any atom is 0.161 e. The number of aromatic nitrogens is 3. The summed E-state index contributed by atoms with van der Waals surface area (Å²) in [5.74, 6) is 1.74. The lowest BCUT2D eigenvalue weighted by atomic mass is 10.1. The first-order valence-corrected chi connectivity index (χ1v) is 8.72. The lowest BCUT2D eigenvalue weighted by molar-refractivity contribution is 0.0818. The van der Waals surface area contributed by atoms with Gasteiger partial charge in [0.1, 0.15) is 5.82 Å². The molecule has 1 fully saturated rings. The Morgan fingerprint density at radius 3 is 2.56 bits per heavy atom. The molecule has 0 amide bonds. The van der Waals surface area contributed by atoms with Crippen LogP contribution in [0.5, 0.6) is 0 Å². The number of ether oxygens (including phenoxy) is 1. The summed E-state index contributed by atoms with van der Waals surface area (Å²) in [7, 11) is 1.79. The van der Waals surface area contributed by atoms with E-state index >= 15 is 0 Å². The number of nitrogens with zero attached hydrogens (tertiary/aromatic N) is 4. The van der Waals surface area contributed by atoms with E-state index in [4.69, 9.17) is 4.74 Å². The van der Waals surface area contributed by atoms with Crippen LogP contribution in [0, 0.1) is 6.92 Å². The van der Waals surface area contributed by atoms with Gasteiger partial charge in [0.2, 0.25) is 0 Å². The highest BCUT2D eigenvalue weighted by molar-refractivity contribution is 5.82. The Labute approximate surface area is 147 Å². The Bertz CT molecular complexity index is 871. The van der Waals surface area contributed by atoms with E-state index in [9.17, 15) is 0 Å². The van der Waals surface area contributed by atoms with Crippen LogP contribution in [-0.4, -0.2) is 41.3 Å². The molecule has 1 saturated heterocycles. The molecular formula is C20H22N4O. The third kappa shape index (κ3) is 3.20. The monoisotopic (exact) mass is 334 g/mol.